The Morgan fingerprint density at radius 2 is 2.07 bits per heavy atom. The first-order valence-electron chi connectivity index (χ1n) is 9.33. The fourth-order valence-corrected chi connectivity index (χ4v) is 6.03. The van der Waals surface area contributed by atoms with Crippen molar-refractivity contribution in [3.63, 3.8) is 0 Å². The fourth-order valence-electron chi connectivity index (χ4n) is 4.42. The largest absolute Gasteiger partial charge is 0.477 e. The number of β-lactam (4-membered cyclic amide) rings is 1. The molecule has 0 saturated carbocycles. The summed E-state index contributed by atoms with van der Waals surface area (Å²) in [6.45, 7) is 4.44. The molecular formula is C19H29N3O4S. The van der Waals surface area contributed by atoms with Gasteiger partial charge in [0.25, 0.3) is 0 Å². The van der Waals surface area contributed by atoms with Crippen LogP contribution in [-0.4, -0.2) is 87.9 Å². The molecule has 0 aromatic rings. The van der Waals surface area contributed by atoms with Crippen molar-refractivity contribution in [2.45, 2.75) is 43.7 Å². The van der Waals surface area contributed by atoms with Gasteiger partial charge in [0.15, 0.2) is 0 Å². The van der Waals surface area contributed by atoms with E-state index in [-0.39, 0.29) is 28.8 Å². The number of carbonyl (C=O) groups is 2. The van der Waals surface area contributed by atoms with Crippen LogP contribution in [0.1, 0.15) is 20.3 Å². The first-order chi connectivity index (χ1) is 12.6. The average molecular weight is 396 g/mol. The van der Waals surface area contributed by atoms with Gasteiger partial charge in [-0.25, -0.2) is 4.79 Å². The third kappa shape index (κ3) is 3.50. The predicted octanol–water partition coefficient (Wildman–Crippen LogP) is 1.02. The van der Waals surface area contributed by atoms with E-state index in [1.165, 1.54) is 4.90 Å². The first kappa shape index (κ1) is 20.2. The number of carboxylic acids is 1. The van der Waals surface area contributed by atoms with E-state index in [4.69, 9.17) is 0 Å². The number of fused-ring (bicyclic) bond motifs is 1. The maximum Gasteiger partial charge on any atom is 0.353 e. The summed E-state index contributed by atoms with van der Waals surface area (Å²) in [5, 5.41) is 19.9. The van der Waals surface area contributed by atoms with Gasteiger partial charge in [-0.3, -0.25) is 9.69 Å². The van der Waals surface area contributed by atoms with Crippen LogP contribution in [0.15, 0.2) is 22.9 Å². The lowest BCUT2D eigenvalue weighted by molar-refractivity contribution is -0.163. The Bertz CT molecular complexity index is 690. The number of hydrogen-bond donors (Lipinski definition) is 2. The molecule has 1 amide bonds. The van der Waals surface area contributed by atoms with Crippen molar-refractivity contribution in [2.24, 2.45) is 11.8 Å². The monoisotopic (exact) mass is 395 g/mol. The molecular weight excluding hydrogens is 366 g/mol. The number of likely N-dealkylation sites (N-methyl/N-ethyl adjacent to an activating group) is 1. The number of aliphatic hydroxyl groups is 1. The van der Waals surface area contributed by atoms with E-state index in [1.807, 2.05) is 32.1 Å². The fraction of sp³-hybridized carbons (Fsp3) is 0.684. The lowest BCUT2D eigenvalue weighted by Gasteiger charge is -2.46. The summed E-state index contributed by atoms with van der Waals surface area (Å²) >= 11 is 1.60. The number of carboxylic acid groups (broad SMARTS) is 1. The zero-order valence-electron chi connectivity index (χ0n) is 16.5. The van der Waals surface area contributed by atoms with Crippen LogP contribution in [-0.2, 0) is 9.59 Å². The van der Waals surface area contributed by atoms with Gasteiger partial charge in [0.05, 0.1) is 18.1 Å². The highest BCUT2D eigenvalue weighted by Gasteiger charge is 2.60. The molecule has 1 unspecified atom stereocenters. The summed E-state index contributed by atoms with van der Waals surface area (Å²) in [5.41, 5.74) is 0.120. The van der Waals surface area contributed by atoms with Crippen molar-refractivity contribution < 1.29 is 19.8 Å². The highest BCUT2D eigenvalue weighted by molar-refractivity contribution is 8.03. The molecule has 6 atom stereocenters. The Balaban J connectivity index is 1.78. The Hall–Kier alpha value is -1.51. The molecule has 2 N–H and O–H groups in total. The van der Waals surface area contributed by atoms with Crippen LogP contribution in [0, 0.1) is 11.8 Å². The normalized spacial score (nSPS) is 35.0. The zero-order chi connectivity index (χ0) is 20.0. The quantitative estimate of drug-likeness (QED) is 0.650. The molecule has 3 aliphatic rings. The predicted molar refractivity (Wildman–Crippen MR) is 105 cm³/mol. The van der Waals surface area contributed by atoms with Crippen LogP contribution >= 0.6 is 11.8 Å². The second-order valence-electron chi connectivity index (χ2n) is 8.06. The lowest BCUT2D eigenvalue weighted by Crippen LogP contribution is -2.63. The number of hydrogen-bond acceptors (Lipinski definition) is 6. The highest BCUT2D eigenvalue weighted by atomic mass is 32.2. The standard InChI is InChI=1S/C19H29N3O4S/c1-10-15-14(11(2)23)18(24)22(15)16(19(25)26)17(10)27-13-8-12(21(5)9-13)6-7-20(3)4/h6-7,10-15,23H,8-9H2,1-5H3,(H,25,26)/b7-6+/t10-,11+,12+,13?,14+,15+/m0/s1. The van der Waals surface area contributed by atoms with Crippen LogP contribution in [0.5, 0.6) is 0 Å². The number of nitrogens with zero attached hydrogens (tertiary/aromatic N) is 3. The molecule has 0 aromatic heterocycles. The van der Waals surface area contributed by atoms with Gasteiger partial charge in [-0.05, 0) is 26.6 Å². The molecule has 0 radical (unpaired) electrons. The van der Waals surface area contributed by atoms with E-state index in [1.54, 1.807) is 18.7 Å². The molecule has 150 valence electrons. The SMILES string of the molecule is C[C@@H]1C(SC2C[C@@H](/C=C/N(C)C)N(C)C2)=C(C(=O)O)N2C(=O)[C@H]([C@@H](C)O)[C@@H]12. The van der Waals surface area contributed by atoms with E-state index in [2.05, 4.69) is 18.0 Å². The third-order valence-corrected chi connectivity index (χ3v) is 7.27. The molecule has 27 heavy (non-hydrogen) atoms. The summed E-state index contributed by atoms with van der Waals surface area (Å²) in [6, 6.07) is 0.0778. The van der Waals surface area contributed by atoms with Gasteiger partial charge in [-0.15, -0.1) is 11.8 Å². The maximum absolute atomic E-state index is 12.4. The van der Waals surface area contributed by atoms with Crippen LogP contribution in [0.3, 0.4) is 0 Å². The van der Waals surface area contributed by atoms with Gasteiger partial charge in [0.1, 0.15) is 5.70 Å². The second kappa shape index (κ2) is 7.48. The number of thioether (sulfide) groups is 1. The number of likely N-dealkylation sites (tertiary alicyclic amines) is 1. The summed E-state index contributed by atoms with van der Waals surface area (Å²) < 4.78 is 0. The summed E-state index contributed by atoms with van der Waals surface area (Å²) in [7, 11) is 6.05. The molecule has 0 spiro atoms. The Morgan fingerprint density at radius 3 is 2.63 bits per heavy atom. The van der Waals surface area contributed by atoms with Gasteiger partial charge in [-0.1, -0.05) is 13.0 Å². The number of aliphatic hydroxyl groups excluding tert-OH is 1. The molecule has 3 rings (SSSR count). The van der Waals surface area contributed by atoms with E-state index in [0.717, 1.165) is 17.9 Å². The van der Waals surface area contributed by atoms with Gasteiger partial charge in [-0.2, -0.15) is 0 Å². The van der Waals surface area contributed by atoms with Crippen molar-refractivity contribution in [3.05, 3.63) is 22.9 Å². The number of aliphatic carboxylic acids is 1. The van der Waals surface area contributed by atoms with Gasteiger partial charge >= 0.3 is 5.97 Å². The Morgan fingerprint density at radius 1 is 1.41 bits per heavy atom. The van der Waals surface area contributed by atoms with E-state index >= 15 is 0 Å². The number of carbonyl (C=O) groups excluding carboxylic acids is 1. The minimum Gasteiger partial charge on any atom is -0.477 e. The molecule has 3 heterocycles. The highest BCUT2D eigenvalue weighted by Crippen LogP contribution is 2.52. The molecule has 2 fully saturated rings. The van der Waals surface area contributed by atoms with Crippen molar-refractivity contribution >= 4 is 23.6 Å². The van der Waals surface area contributed by atoms with Crippen LogP contribution in [0.4, 0.5) is 0 Å². The zero-order valence-corrected chi connectivity index (χ0v) is 17.3. The van der Waals surface area contributed by atoms with Crippen molar-refractivity contribution in [2.75, 3.05) is 27.7 Å². The number of amides is 1. The molecule has 0 aromatic carbocycles. The summed E-state index contributed by atoms with van der Waals surface area (Å²) in [5.74, 6) is -1.90. The average Bonchev–Trinajstić information content (AvgIpc) is 3.02. The van der Waals surface area contributed by atoms with Crippen molar-refractivity contribution in [3.8, 4) is 0 Å². The van der Waals surface area contributed by atoms with Crippen LogP contribution in [0.2, 0.25) is 0 Å². The van der Waals surface area contributed by atoms with Crippen LogP contribution in [0.25, 0.3) is 0 Å². The third-order valence-electron chi connectivity index (χ3n) is 5.77. The first-order valence-corrected chi connectivity index (χ1v) is 10.2. The molecule has 8 heteroatoms. The summed E-state index contributed by atoms with van der Waals surface area (Å²) in [4.78, 5) is 30.8. The maximum atomic E-state index is 12.4. The number of rotatable bonds is 6. The lowest BCUT2D eigenvalue weighted by atomic mass is 9.79. The minimum atomic E-state index is -1.06. The van der Waals surface area contributed by atoms with E-state index < -0.39 is 18.0 Å². The smallest absolute Gasteiger partial charge is 0.353 e. The van der Waals surface area contributed by atoms with E-state index in [9.17, 15) is 19.8 Å². The summed E-state index contributed by atoms with van der Waals surface area (Å²) in [6.07, 6.45) is 4.39. The second-order valence-corrected chi connectivity index (χ2v) is 9.40. The Kier molecular flexibility index (Phi) is 5.61. The topological polar surface area (TPSA) is 84.3 Å². The Labute approximate surface area is 164 Å². The molecule has 0 aliphatic carbocycles. The van der Waals surface area contributed by atoms with Crippen LogP contribution < -0.4 is 0 Å². The van der Waals surface area contributed by atoms with Crippen molar-refractivity contribution in [1.29, 1.82) is 0 Å². The van der Waals surface area contributed by atoms with Gasteiger partial charge in [0.2, 0.25) is 5.91 Å². The minimum absolute atomic E-state index is 0.0694. The molecule has 7 nitrogen and oxygen atoms in total. The van der Waals surface area contributed by atoms with Gasteiger partial charge < -0.3 is 20.0 Å². The van der Waals surface area contributed by atoms with Crippen molar-refractivity contribution in [1.82, 2.24) is 14.7 Å². The molecule has 0 bridgehead atoms. The molecule has 3 aliphatic heterocycles. The van der Waals surface area contributed by atoms with E-state index in [0.29, 0.717) is 6.04 Å². The van der Waals surface area contributed by atoms with Gasteiger partial charge in [0, 0.05) is 42.8 Å². The molecule has 2 saturated heterocycles.